The van der Waals surface area contributed by atoms with Crippen molar-refractivity contribution in [1.29, 1.82) is 0 Å². The molecule has 7 heteroatoms. The number of hydrogen-bond acceptors (Lipinski definition) is 6. The summed E-state index contributed by atoms with van der Waals surface area (Å²) in [6.45, 7) is 5.78. The summed E-state index contributed by atoms with van der Waals surface area (Å²) in [6, 6.07) is 11.7. The van der Waals surface area contributed by atoms with Gasteiger partial charge in [-0.05, 0) is 54.4 Å². The topological polar surface area (TPSA) is 71.3 Å². The van der Waals surface area contributed by atoms with Gasteiger partial charge in [0.05, 0.1) is 11.4 Å². The summed E-state index contributed by atoms with van der Waals surface area (Å²) < 4.78 is 5.21. The number of rotatable bonds is 6. The van der Waals surface area contributed by atoms with Crippen LogP contribution in [0.2, 0.25) is 0 Å². The molecule has 1 fully saturated rings. The summed E-state index contributed by atoms with van der Waals surface area (Å²) in [5.41, 5.74) is 1.87. The molecule has 2 aromatic heterocycles. The van der Waals surface area contributed by atoms with Crippen molar-refractivity contribution in [3.8, 4) is 10.7 Å². The van der Waals surface area contributed by atoms with Gasteiger partial charge in [0.15, 0.2) is 0 Å². The van der Waals surface area contributed by atoms with Crippen molar-refractivity contribution >= 4 is 17.2 Å². The Morgan fingerprint density at radius 2 is 2.18 bits per heavy atom. The monoisotopic (exact) mass is 396 g/mol. The van der Waals surface area contributed by atoms with Crippen LogP contribution in [0.4, 0.5) is 0 Å². The number of amides is 1. The Hall–Kier alpha value is -2.51. The number of nitrogens with one attached hydrogen (secondary N) is 1. The highest BCUT2D eigenvalue weighted by molar-refractivity contribution is 7.13. The Morgan fingerprint density at radius 1 is 1.32 bits per heavy atom. The molecule has 4 rings (SSSR count). The number of benzene rings is 1. The molecule has 6 nitrogen and oxygen atoms in total. The van der Waals surface area contributed by atoms with Crippen LogP contribution in [-0.4, -0.2) is 34.0 Å². The van der Waals surface area contributed by atoms with Gasteiger partial charge in [-0.3, -0.25) is 9.69 Å². The number of likely N-dealkylation sites (tertiary alicyclic amines) is 1. The predicted molar refractivity (Wildman–Crippen MR) is 109 cm³/mol. The minimum atomic E-state index is -0.144. The molecule has 28 heavy (non-hydrogen) atoms. The molecule has 1 N–H and O–H groups in total. The third-order valence-corrected chi connectivity index (χ3v) is 5.84. The Labute approximate surface area is 168 Å². The summed E-state index contributed by atoms with van der Waals surface area (Å²) in [5.74, 6) is 1.57. The molecule has 0 spiro atoms. The second-order valence-corrected chi connectivity index (χ2v) is 8.30. The maximum absolute atomic E-state index is 12.4. The second kappa shape index (κ2) is 8.67. The summed E-state index contributed by atoms with van der Waals surface area (Å²) in [5, 5.41) is 8.75. The van der Waals surface area contributed by atoms with Crippen molar-refractivity contribution in [3.63, 3.8) is 0 Å². The van der Waals surface area contributed by atoms with Gasteiger partial charge >= 0.3 is 0 Å². The second-order valence-electron chi connectivity index (χ2n) is 7.35. The third-order valence-electron chi connectivity index (χ3n) is 4.97. The van der Waals surface area contributed by atoms with Crippen LogP contribution >= 0.6 is 11.3 Å². The molecule has 1 aromatic carbocycles. The largest absolute Gasteiger partial charge is 0.343 e. The molecular weight excluding hydrogens is 372 g/mol. The Bertz CT molecular complexity index is 905. The number of nitrogens with zero attached hydrogens (tertiary/aromatic N) is 3. The van der Waals surface area contributed by atoms with Crippen molar-refractivity contribution in [2.24, 2.45) is 5.92 Å². The fourth-order valence-electron chi connectivity index (χ4n) is 3.54. The fourth-order valence-corrected chi connectivity index (χ4v) is 4.19. The Balaban J connectivity index is 1.30. The summed E-state index contributed by atoms with van der Waals surface area (Å²) in [4.78, 5) is 20.1. The van der Waals surface area contributed by atoms with E-state index in [1.165, 1.54) is 18.4 Å². The maximum atomic E-state index is 12.4. The first kappa shape index (κ1) is 18.8. The van der Waals surface area contributed by atoms with Crippen molar-refractivity contribution < 1.29 is 9.32 Å². The summed E-state index contributed by atoms with van der Waals surface area (Å²) in [7, 11) is 0. The molecule has 3 heterocycles. The molecule has 146 valence electrons. The van der Waals surface area contributed by atoms with E-state index in [9.17, 15) is 4.79 Å². The third kappa shape index (κ3) is 4.66. The van der Waals surface area contributed by atoms with E-state index in [-0.39, 0.29) is 12.5 Å². The molecule has 0 bridgehead atoms. The molecule has 0 unspecified atom stereocenters. The van der Waals surface area contributed by atoms with Gasteiger partial charge < -0.3 is 9.84 Å². The van der Waals surface area contributed by atoms with Crippen LogP contribution in [0.5, 0.6) is 0 Å². The van der Waals surface area contributed by atoms with E-state index in [2.05, 4.69) is 27.3 Å². The first-order chi connectivity index (χ1) is 13.7. The molecule has 3 aromatic rings. The molecular formula is C21H24N4O2S. The van der Waals surface area contributed by atoms with Gasteiger partial charge in [-0.25, -0.2) is 0 Å². The lowest BCUT2D eigenvalue weighted by atomic mass is 9.99. The molecule has 0 radical (unpaired) electrons. The minimum absolute atomic E-state index is 0.144. The minimum Gasteiger partial charge on any atom is -0.343 e. The highest BCUT2D eigenvalue weighted by Gasteiger charge is 2.16. The van der Waals surface area contributed by atoms with E-state index in [0.717, 1.165) is 30.4 Å². The van der Waals surface area contributed by atoms with Gasteiger partial charge in [0.25, 0.3) is 5.91 Å². The zero-order chi connectivity index (χ0) is 19.3. The fraction of sp³-hybridized carbons (Fsp3) is 0.381. The summed E-state index contributed by atoms with van der Waals surface area (Å²) >= 11 is 1.55. The lowest BCUT2D eigenvalue weighted by Crippen LogP contribution is -2.33. The quantitative estimate of drug-likeness (QED) is 0.683. The van der Waals surface area contributed by atoms with E-state index in [1.54, 1.807) is 11.3 Å². The first-order valence-electron chi connectivity index (χ1n) is 9.63. The van der Waals surface area contributed by atoms with Crippen LogP contribution in [0.25, 0.3) is 10.7 Å². The molecule has 1 atom stereocenters. The van der Waals surface area contributed by atoms with E-state index in [4.69, 9.17) is 4.52 Å². The van der Waals surface area contributed by atoms with Crippen molar-refractivity contribution in [2.45, 2.75) is 32.9 Å². The highest BCUT2D eigenvalue weighted by Crippen LogP contribution is 2.21. The smallest absolute Gasteiger partial charge is 0.251 e. The SMILES string of the molecule is C[C@@H]1CCCN(Cc2ccc(C(=O)NCc3nc(-c4cccs4)no3)cc2)C1. The van der Waals surface area contributed by atoms with Crippen LogP contribution in [0.3, 0.4) is 0 Å². The molecule has 1 amide bonds. The average Bonchev–Trinajstić information content (AvgIpc) is 3.38. The van der Waals surface area contributed by atoms with Crippen LogP contribution in [0, 0.1) is 5.92 Å². The van der Waals surface area contributed by atoms with Gasteiger partial charge in [-0.15, -0.1) is 11.3 Å². The number of carbonyl (C=O) groups excluding carboxylic acids is 1. The Kier molecular flexibility index (Phi) is 5.83. The van der Waals surface area contributed by atoms with Crippen LogP contribution in [-0.2, 0) is 13.1 Å². The highest BCUT2D eigenvalue weighted by atomic mass is 32.1. The average molecular weight is 397 g/mol. The lowest BCUT2D eigenvalue weighted by molar-refractivity contribution is 0.0946. The number of piperidine rings is 1. The first-order valence-corrected chi connectivity index (χ1v) is 10.5. The zero-order valence-corrected chi connectivity index (χ0v) is 16.7. The van der Waals surface area contributed by atoms with Crippen LogP contribution < -0.4 is 5.32 Å². The van der Waals surface area contributed by atoms with Gasteiger partial charge in [-0.2, -0.15) is 4.98 Å². The van der Waals surface area contributed by atoms with Crippen molar-refractivity contribution in [3.05, 3.63) is 58.8 Å². The zero-order valence-electron chi connectivity index (χ0n) is 15.9. The molecule has 0 saturated carbocycles. The summed E-state index contributed by atoms with van der Waals surface area (Å²) in [6.07, 6.45) is 2.59. The number of aromatic nitrogens is 2. The molecule has 1 saturated heterocycles. The predicted octanol–water partition coefficient (Wildman–Crippen LogP) is 3.96. The van der Waals surface area contributed by atoms with E-state index in [0.29, 0.717) is 17.3 Å². The van der Waals surface area contributed by atoms with Gasteiger partial charge in [0.1, 0.15) is 0 Å². The molecule has 0 aliphatic carbocycles. The van der Waals surface area contributed by atoms with Gasteiger partial charge in [0.2, 0.25) is 11.7 Å². The molecule has 1 aliphatic heterocycles. The van der Waals surface area contributed by atoms with Crippen LogP contribution in [0.15, 0.2) is 46.3 Å². The van der Waals surface area contributed by atoms with Crippen LogP contribution in [0.1, 0.15) is 41.6 Å². The number of carbonyl (C=O) groups is 1. The standard InChI is InChI=1S/C21H24N4O2S/c1-15-4-2-10-25(13-15)14-16-6-8-17(9-7-16)21(26)22-12-19-23-20(24-27-19)18-5-3-11-28-18/h3,5-9,11,15H,2,4,10,12-14H2,1H3,(H,22,26)/t15-/m1/s1. The van der Waals surface area contributed by atoms with Crippen molar-refractivity contribution in [2.75, 3.05) is 13.1 Å². The van der Waals surface area contributed by atoms with E-state index < -0.39 is 0 Å². The Morgan fingerprint density at radius 3 is 2.93 bits per heavy atom. The molecule has 1 aliphatic rings. The van der Waals surface area contributed by atoms with Crippen molar-refractivity contribution in [1.82, 2.24) is 20.4 Å². The van der Waals surface area contributed by atoms with Gasteiger partial charge in [0, 0.05) is 18.7 Å². The normalized spacial score (nSPS) is 17.5. The number of thiophene rings is 1. The van der Waals surface area contributed by atoms with E-state index in [1.807, 2.05) is 41.8 Å². The van der Waals surface area contributed by atoms with E-state index >= 15 is 0 Å². The maximum Gasteiger partial charge on any atom is 0.251 e. The lowest BCUT2D eigenvalue weighted by Gasteiger charge is -2.30. The number of hydrogen-bond donors (Lipinski definition) is 1. The van der Waals surface area contributed by atoms with Gasteiger partial charge in [-0.1, -0.05) is 30.3 Å².